The van der Waals surface area contributed by atoms with Gasteiger partial charge in [0.2, 0.25) is 0 Å². The van der Waals surface area contributed by atoms with Crippen molar-refractivity contribution in [3.05, 3.63) is 83.6 Å². The Hall–Kier alpha value is -3.23. The normalized spacial score (nSPS) is 12.6. The summed E-state index contributed by atoms with van der Waals surface area (Å²) in [6, 6.07) is 21.1. The maximum atomic E-state index is 5.82. The molecule has 0 saturated heterocycles. The fourth-order valence-corrected chi connectivity index (χ4v) is 4.37. The van der Waals surface area contributed by atoms with E-state index in [-0.39, 0.29) is 24.8 Å². The van der Waals surface area contributed by atoms with Crippen LogP contribution in [-0.4, -0.2) is 31.7 Å². The summed E-state index contributed by atoms with van der Waals surface area (Å²) in [7, 11) is 0. The molecule has 0 aliphatic carbocycles. The van der Waals surface area contributed by atoms with E-state index in [0.29, 0.717) is 6.54 Å². The van der Waals surface area contributed by atoms with Crippen LogP contribution in [0.25, 0.3) is 39.1 Å². The standard InChI is InChI=1S/C25H23N7.2ClH/c26-13-16-2-1-3-18(10-16)19-5-7-23-22(12-19)25(30-28-23)24-15-32(31-29-24)21-6-4-17-8-9-27-14-20(17)11-21;;/h1-7,10-12,15,27H,8-9,13-14,26H2,(H,28,30);2*1H. The molecule has 0 spiro atoms. The zero-order chi connectivity index (χ0) is 21.5. The van der Waals surface area contributed by atoms with Crippen molar-refractivity contribution < 1.29 is 0 Å². The Morgan fingerprint density at radius 2 is 1.82 bits per heavy atom. The predicted molar refractivity (Wildman–Crippen MR) is 140 cm³/mol. The second-order valence-electron chi connectivity index (χ2n) is 8.17. The lowest BCUT2D eigenvalue weighted by molar-refractivity contribution is 0.642. The number of hydrogen-bond donors (Lipinski definition) is 3. The number of aromatic amines is 1. The first-order valence-corrected chi connectivity index (χ1v) is 10.8. The molecule has 0 bridgehead atoms. The van der Waals surface area contributed by atoms with Crippen molar-refractivity contribution in [1.29, 1.82) is 0 Å². The van der Waals surface area contributed by atoms with Gasteiger partial charge in [-0.2, -0.15) is 5.10 Å². The number of benzene rings is 3. The third-order valence-corrected chi connectivity index (χ3v) is 6.14. The van der Waals surface area contributed by atoms with E-state index in [1.165, 1.54) is 11.1 Å². The Bertz CT molecular complexity index is 1440. The average Bonchev–Trinajstić information content (AvgIpc) is 3.50. The molecule has 3 heterocycles. The minimum Gasteiger partial charge on any atom is -0.326 e. The summed E-state index contributed by atoms with van der Waals surface area (Å²) in [4.78, 5) is 0. The quantitative estimate of drug-likeness (QED) is 0.344. The van der Waals surface area contributed by atoms with E-state index in [4.69, 9.17) is 5.73 Å². The lowest BCUT2D eigenvalue weighted by atomic mass is 10.0. The van der Waals surface area contributed by atoms with Crippen LogP contribution in [0.2, 0.25) is 0 Å². The van der Waals surface area contributed by atoms with Crippen LogP contribution in [0.1, 0.15) is 16.7 Å². The molecule has 2 aromatic heterocycles. The molecule has 3 aromatic carbocycles. The minimum absolute atomic E-state index is 0. The van der Waals surface area contributed by atoms with Crippen molar-refractivity contribution >= 4 is 35.7 Å². The van der Waals surface area contributed by atoms with E-state index in [0.717, 1.165) is 64.2 Å². The van der Waals surface area contributed by atoms with E-state index in [1.54, 1.807) is 0 Å². The number of nitrogens with one attached hydrogen (secondary N) is 2. The van der Waals surface area contributed by atoms with E-state index in [2.05, 4.69) is 74.4 Å². The van der Waals surface area contributed by atoms with Gasteiger partial charge in [0.15, 0.2) is 0 Å². The number of H-pyrrole nitrogens is 1. The first-order chi connectivity index (χ1) is 15.8. The van der Waals surface area contributed by atoms with E-state index in [9.17, 15) is 0 Å². The number of aromatic nitrogens is 5. The molecule has 0 atom stereocenters. The Kier molecular flexibility index (Phi) is 7.00. The van der Waals surface area contributed by atoms with Crippen LogP contribution in [-0.2, 0) is 19.5 Å². The zero-order valence-corrected chi connectivity index (χ0v) is 20.0. The van der Waals surface area contributed by atoms with Crippen molar-refractivity contribution in [3.63, 3.8) is 0 Å². The summed E-state index contributed by atoms with van der Waals surface area (Å²) in [5.74, 6) is 0. The second-order valence-corrected chi connectivity index (χ2v) is 8.17. The van der Waals surface area contributed by atoms with Crippen LogP contribution in [0, 0.1) is 0 Å². The van der Waals surface area contributed by atoms with Crippen LogP contribution in [0.15, 0.2) is 66.9 Å². The maximum absolute atomic E-state index is 5.82. The van der Waals surface area contributed by atoms with Crippen molar-refractivity contribution in [2.45, 2.75) is 19.5 Å². The van der Waals surface area contributed by atoms with Gasteiger partial charge >= 0.3 is 0 Å². The molecular formula is C25H25Cl2N7. The van der Waals surface area contributed by atoms with Gasteiger partial charge in [0.1, 0.15) is 11.4 Å². The number of nitrogens with zero attached hydrogens (tertiary/aromatic N) is 4. The van der Waals surface area contributed by atoms with Gasteiger partial charge < -0.3 is 11.1 Å². The molecule has 174 valence electrons. The van der Waals surface area contributed by atoms with Gasteiger partial charge in [0, 0.05) is 18.5 Å². The number of hydrogen-bond acceptors (Lipinski definition) is 5. The summed E-state index contributed by atoms with van der Waals surface area (Å²) >= 11 is 0. The Morgan fingerprint density at radius 3 is 2.71 bits per heavy atom. The van der Waals surface area contributed by atoms with Gasteiger partial charge in [-0.1, -0.05) is 35.5 Å². The van der Waals surface area contributed by atoms with Gasteiger partial charge in [0.05, 0.1) is 17.4 Å². The van der Waals surface area contributed by atoms with Gasteiger partial charge in [-0.05, 0) is 71.1 Å². The topological polar surface area (TPSA) is 97.4 Å². The summed E-state index contributed by atoms with van der Waals surface area (Å²) in [5, 5.41) is 20.9. The summed E-state index contributed by atoms with van der Waals surface area (Å²) in [6.07, 6.45) is 3.00. The first kappa shape index (κ1) is 23.9. The molecule has 7 nitrogen and oxygen atoms in total. The molecule has 34 heavy (non-hydrogen) atoms. The summed E-state index contributed by atoms with van der Waals surface area (Å²) < 4.78 is 1.82. The first-order valence-electron chi connectivity index (χ1n) is 10.8. The second kappa shape index (κ2) is 9.95. The molecule has 0 unspecified atom stereocenters. The number of fused-ring (bicyclic) bond motifs is 2. The minimum atomic E-state index is 0. The predicted octanol–water partition coefficient (Wildman–Crippen LogP) is 4.43. The third-order valence-electron chi connectivity index (χ3n) is 6.14. The molecule has 9 heteroatoms. The molecule has 0 amide bonds. The molecular weight excluding hydrogens is 469 g/mol. The highest BCUT2D eigenvalue weighted by Crippen LogP contribution is 2.30. The van der Waals surface area contributed by atoms with Crippen molar-refractivity contribution in [2.75, 3.05) is 6.54 Å². The monoisotopic (exact) mass is 493 g/mol. The highest BCUT2D eigenvalue weighted by molar-refractivity contribution is 5.94. The summed E-state index contributed by atoms with van der Waals surface area (Å²) in [6.45, 7) is 2.45. The van der Waals surface area contributed by atoms with E-state index in [1.807, 2.05) is 23.0 Å². The maximum Gasteiger partial charge on any atom is 0.134 e. The largest absolute Gasteiger partial charge is 0.326 e. The van der Waals surface area contributed by atoms with Crippen LogP contribution in [0.3, 0.4) is 0 Å². The van der Waals surface area contributed by atoms with Crippen LogP contribution in [0.4, 0.5) is 0 Å². The Labute approximate surface area is 209 Å². The Balaban J connectivity index is 0.00000137. The number of rotatable bonds is 4. The van der Waals surface area contributed by atoms with Gasteiger partial charge in [-0.25, -0.2) is 4.68 Å². The molecule has 1 aliphatic rings. The number of halogens is 2. The smallest absolute Gasteiger partial charge is 0.134 e. The highest BCUT2D eigenvalue weighted by atomic mass is 35.5. The Morgan fingerprint density at radius 1 is 0.941 bits per heavy atom. The SMILES string of the molecule is Cl.Cl.NCc1cccc(-c2ccc3[nH]nc(-c4cn(-c5ccc6c(c5)CNCC6)nn4)c3c2)c1. The zero-order valence-electron chi connectivity index (χ0n) is 18.4. The van der Waals surface area contributed by atoms with Crippen LogP contribution < -0.4 is 11.1 Å². The number of nitrogens with two attached hydrogens (primary N) is 1. The fraction of sp³-hybridized carbons (Fsp3) is 0.160. The highest BCUT2D eigenvalue weighted by Gasteiger charge is 2.15. The van der Waals surface area contributed by atoms with Gasteiger partial charge in [0.25, 0.3) is 0 Å². The average molecular weight is 494 g/mol. The molecule has 6 rings (SSSR count). The molecule has 4 N–H and O–H groups in total. The van der Waals surface area contributed by atoms with Crippen molar-refractivity contribution in [3.8, 4) is 28.2 Å². The van der Waals surface area contributed by atoms with Crippen molar-refractivity contribution in [2.24, 2.45) is 5.73 Å². The van der Waals surface area contributed by atoms with E-state index < -0.39 is 0 Å². The van der Waals surface area contributed by atoms with Gasteiger partial charge in [-0.3, -0.25) is 5.10 Å². The van der Waals surface area contributed by atoms with Crippen molar-refractivity contribution in [1.82, 2.24) is 30.5 Å². The molecule has 5 aromatic rings. The molecule has 0 fully saturated rings. The molecule has 0 saturated carbocycles. The lowest BCUT2D eigenvalue weighted by Gasteiger charge is -2.17. The van der Waals surface area contributed by atoms with E-state index >= 15 is 0 Å². The van der Waals surface area contributed by atoms with Gasteiger partial charge in [-0.15, -0.1) is 29.9 Å². The van der Waals surface area contributed by atoms with Crippen LogP contribution in [0.5, 0.6) is 0 Å². The summed E-state index contributed by atoms with van der Waals surface area (Å²) in [5.41, 5.74) is 15.4. The molecule has 0 radical (unpaired) electrons. The fourth-order valence-electron chi connectivity index (χ4n) is 4.37. The van der Waals surface area contributed by atoms with Crippen LogP contribution >= 0.6 is 24.8 Å². The third kappa shape index (κ3) is 4.31. The molecule has 1 aliphatic heterocycles. The lowest BCUT2D eigenvalue weighted by Crippen LogP contribution is -2.23.